The normalized spacial score (nSPS) is 16.9. The summed E-state index contributed by atoms with van der Waals surface area (Å²) in [5, 5.41) is 5.90. The molecule has 1 aromatic carbocycles. The maximum Gasteiger partial charge on any atom is 0.251 e. The summed E-state index contributed by atoms with van der Waals surface area (Å²) < 4.78 is 10.9. The fourth-order valence-corrected chi connectivity index (χ4v) is 4.23. The number of carbonyl (C=O) groups excluding carboxylic acids is 2. The molecule has 166 valence electrons. The Morgan fingerprint density at radius 3 is 2.71 bits per heavy atom. The Bertz CT molecular complexity index is 938. The third kappa shape index (κ3) is 5.01. The fourth-order valence-electron chi connectivity index (χ4n) is 4.23. The molecule has 1 fully saturated rings. The number of nitrogens with zero attached hydrogens (tertiary/aromatic N) is 1. The lowest BCUT2D eigenvalue weighted by atomic mass is 10.0. The van der Waals surface area contributed by atoms with Gasteiger partial charge in [0.2, 0.25) is 0 Å². The zero-order valence-corrected chi connectivity index (χ0v) is 18.7. The van der Waals surface area contributed by atoms with Crippen molar-refractivity contribution in [1.82, 2.24) is 10.6 Å². The van der Waals surface area contributed by atoms with Gasteiger partial charge in [-0.05, 0) is 57.4 Å². The lowest BCUT2D eigenvalue weighted by molar-refractivity contribution is 0.0846. The second-order valence-electron chi connectivity index (χ2n) is 7.74. The largest absolute Gasteiger partial charge is 0.496 e. The van der Waals surface area contributed by atoms with Crippen molar-refractivity contribution in [3.8, 4) is 0 Å². The zero-order valence-electron chi connectivity index (χ0n) is 18.7. The smallest absolute Gasteiger partial charge is 0.251 e. The minimum atomic E-state index is -0.193. The van der Waals surface area contributed by atoms with Gasteiger partial charge in [0.1, 0.15) is 11.5 Å². The van der Waals surface area contributed by atoms with Crippen molar-refractivity contribution in [2.24, 2.45) is 0 Å². The van der Waals surface area contributed by atoms with Gasteiger partial charge >= 0.3 is 0 Å². The van der Waals surface area contributed by atoms with Gasteiger partial charge in [-0.3, -0.25) is 4.79 Å². The van der Waals surface area contributed by atoms with Crippen LogP contribution in [0.3, 0.4) is 0 Å². The second kappa shape index (κ2) is 10.3. The monoisotopic (exact) mass is 425 g/mol. The third-order valence-electron chi connectivity index (χ3n) is 5.85. The van der Waals surface area contributed by atoms with Gasteiger partial charge in [0, 0.05) is 54.9 Å². The lowest BCUT2D eigenvalue weighted by Gasteiger charge is -2.36. The Kier molecular flexibility index (Phi) is 7.55. The van der Waals surface area contributed by atoms with E-state index in [2.05, 4.69) is 28.5 Å². The van der Waals surface area contributed by atoms with E-state index >= 15 is 0 Å². The van der Waals surface area contributed by atoms with Crippen molar-refractivity contribution in [3.05, 3.63) is 58.1 Å². The molecule has 2 heterocycles. The predicted octanol–water partition coefficient (Wildman–Crippen LogP) is 2.85. The highest BCUT2D eigenvalue weighted by Crippen LogP contribution is 2.28. The molecule has 0 saturated carbocycles. The van der Waals surface area contributed by atoms with Crippen molar-refractivity contribution >= 4 is 17.5 Å². The summed E-state index contributed by atoms with van der Waals surface area (Å²) in [6.07, 6.45) is 3.76. The zero-order chi connectivity index (χ0) is 22.4. The number of amides is 1. The summed E-state index contributed by atoms with van der Waals surface area (Å²) in [6.45, 7) is 8.52. The van der Waals surface area contributed by atoms with Crippen LogP contribution in [0, 0.1) is 6.92 Å². The highest BCUT2D eigenvalue weighted by atomic mass is 16.5. The number of dihydropyridines is 1. The minimum Gasteiger partial charge on any atom is -0.496 e. The molecule has 0 unspecified atom stereocenters. The molecule has 1 amide bonds. The SMILES string of the molecule is CCN(c1cccc(C(=O)NCC2=C(OC)C=C(C)NC2=C=O)c1C)C1CCOCC1. The summed E-state index contributed by atoms with van der Waals surface area (Å²) in [5.74, 6) is 2.25. The molecule has 0 radical (unpaired) electrons. The summed E-state index contributed by atoms with van der Waals surface area (Å²) >= 11 is 0. The fraction of sp³-hybridized carbons (Fsp3) is 0.458. The molecule has 1 aromatic rings. The van der Waals surface area contributed by atoms with E-state index in [-0.39, 0.29) is 18.1 Å². The number of anilines is 1. The summed E-state index contributed by atoms with van der Waals surface area (Å²) in [7, 11) is 1.54. The summed E-state index contributed by atoms with van der Waals surface area (Å²) in [5.41, 5.74) is 4.27. The molecular weight excluding hydrogens is 394 g/mol. The van der Waals surface area contributed by atoms with E-state index in [0.29, 0.717) is 22.9 Å². The van der Waals surface area contributed by atoms with Crippen LogP contribution in [0.1, 0.15) is 42.6 Å². The highest BCUT2D eigenvalue weighted by Gasteiger charge is 2.24. The van der Waals surface area contributed by atoms with Crippen molar-refractivity contribution in [2.75, 3.05) is 38.3 Å². The van der Waals surface area contributed by atoms with Gasteiger partial charge in [-0.25, -0.2) is 4.79 Å². The molecule has 2 aliphatic rings. The van der Waals surface area contributed by atoms with E-state index < -0.39 is 0 Å². The van der Waals surface area contributed by atoms with Crippen LogP contribution in [0.4, 0.5) is 5.69 Å². The van der Waals surface area contributed by atoms with Crippen LogP contribution in [-0.2, 0) is 14.3 Å². The van der Waals surface area contributed by atoms with E-state index in [1.165, 1.54) is 7.11 Å². The van der Waals surface area contributed by atoms with Crippen molar-refractivity contribution in [2.45, 2.75) is 39.7 Å². The Labute approximate surface area is 183 Å². The first kappa shape index (κ1) is 22.7. The van der Waals surface area contributed by atoms with Gasteiger partial charge in [-0.2, -0.15) is 0 Å². The van der Waals surface area contributed by atoms with E-state index in [1.54, 1.807) is 6.08 Å². The molecule has 2 N–H and O–H groups in total. The number of hydrogen-bond donors (Lipinski definition) is 2. The first-order chi connectivity index (χ1) is 15.0. The van der Waals surface area contributed by atoms with Gasteiger partial charge < -0.3 is 25.0 Å². The average molecular weight is 426 g/mol. The van der Waals surface area contributed by atoms with Crippen molar-refractivity contribution in [3.63, 3.8) is 0 Å². The molecule has 7 nitrogen and oxygen atoms in total. The average Bonchev–Trinajstić information content (AvgIpc) is 2.79. The number of allylic oxidation sites excluding steroid dienone is 2. The Morgan fingerprint density at radius 1 is 1.32 bits per heavy atom. The molecule has 0 bridgehead atoms. The summed E-state index contributed by atoms with van der Waals surface area (Å²) in [6, 6.07) is 6.23. The maximum atomic E-state index is 13.0. The molecule has 2 aliphatic heterocycles. The Hall–Kier alpha value is -3.02. The number of benzene rings is 1. The lowest BCUT2D eigenvalue weighted by Crippen LogP contribution is -2.40. The minimum absolute atomic E-state index is 0.157. The first-order valence-electron chi connectivity index (χ1n) is 10.7. The standard InChI is InChI=1S/C24H31N3O4/c1-5-27(18-9-11-31-12-10-18)22-8-6-7-19(17(22)3)24(29)25-14-20-21(15-28)26-16(2)13-23(20)30-4/h6-8,13,18,26H,5,9-12,14H2,1-4H3,(H,25,29). The topological polar surface area (TPSA) is 79.9 Å². The second-order valence-corrected chi connectivity index (χ2v) is 7.74. The number of methoxy groups -OCH3 is 1. The van der Waals surface area contributed by atoms with Gasteiger partial charge in [-0.1, -0.05) is 6.07 Å². The number of ether oxygens (including phenoxy) is 2. The highest BCUT2D eigenvalue weighted by molar-refractivity contribution is 5.97. The van der Waals surface area contributed by atoms with Gasteiger partial charge in [-0.15, -0.1) is 0 Å². The van der Waals surface area contributed by atoms with Gasteiger partial charge in [0.15, 0.2) is 5.94 Å². The van der Waals surface area contributed by atoms with Crippen LogP contribution >= 0.6 is 0 Å². The quantitative estimate of drug-likeness (QED) is 0.654. The van der Waals surface area contributed by atoms with Crippen LogP contribution in [0.15, 0.2) is 47.0 Å². The molecule has 3 rings (SSSR count). The van der Waals surface area contributed by atoms with Crippen LogP contribution in [0.2, 0.25) is 0 Å². The first-order valence-corrected chi connectivity index (χ1v) is 10.7. The molecule has 0 aromatic heterocycles. The molecule has 0 spiro atoms. The van der Waals surface area contributed by atoms with Crippen molar-refractivity contribution < 1.29 is 19.1 Å². The molecular formula is C24H31N3O4. The van der Waals surface area contributed by atoms with Crippen LogP contribution in [-0.4, -0.2) is 51.3 Å². The van der Waals surface area contributed by atoms with E-state index in [1.807, 2.05) is 31.9 Å². The molecule has 31 heavy (non-hydrogen) atoms. The molecule has 0 atom stereocenters. The number of nitrogens with one attached hydrogen (secondary N) is 2. The Balaban J connectivity index is 1.81. The number of hydrogen-bond acceptors (Lipinski definition) is 6. The number of rotatable bonds is 7. The molecule has 1 saturated heterocycles. The predicted molar refractivity (Wildman–Crippen MR) is 121 cm³/mol. The van der Waals surface area contributed by atoms with Gasteiger partial charge in [0.25, 0.3) is 5.91 Å². The Morgan fingerprint density at radius 2 is 2.06 bits per heavy atom. The molecule has 0 aliphatic carbocycles. The van der Waals surface area contributed by atoms with Crippen LogP contribution in [0.25, 0.3) is 0 Å². The third-order valence-corrected chi connectivity index (χ3v) is 5.85. The van der Waals surface area contributed by atoms with E-state index in [9.17, 15) is 9.59 Å². The van der Waals surface area contributed by atoms with Crippen LogP contribution in [0.5, 0.6) is 0 Å². The summed E-state index contributed by atoms with van der Waals surface area (Å²) in [4.78, 5) is 26.8. The van der Waals surface area contributed by atoms with E-state index in [0.717, 1.165) is 49.5 Å². The van der Waals surface area contributed by atoms with Crippen LogP contribution < -0.4 is 15.5 Å². The van der Waals surface area contributed by atoms with E-state index in [4.69, 9.17) is 9.47 Å². The van der Waals surface area contributed by atoms with Gasteiger partial charge in [0.05, 0.1) is 7.11 Å². The number of carbonyl (C=O) groups is 1. The maximum absolute atomic E-state index is 13.0. The van der Waals surface area contributed by atoms with Crippen molar-refractivity contribution in [1.29, 1.82) is 0 Å². The molecule has 7 heteroatoms.